The Bertz CT molecular complexity index is 653. The number of hydrogen-bond donors (Lipinski definition) is 3. The first-order chi connectivity index (χ1) is 10.8. The average Bonchev–Trinajstić information content (AvgIpc) is 2.54. The molecule has 8 heteroatoms. The highest BCUT2D eigenvalue weighted by Gasteiger charge is 2.40. The first-order valence-electron chi connectivity index (χ1n) is 7.53. The summed E-state index contributed by atoms with van der Waals surface area (Å²) in [6, 6.07) is 5.10. The topological polar surface area (TPSA) is 107 Å². The fourth-order valence-corrected chi connectivity index (χ4v) is 3.79. The van der Waals surface area contributed by atoms with Crippen LogP contribution in [0.25, 0.3) is 0 Å². The Morgan fingerprint density at radius 3 is 2.30 bits per heavy atom. The number of carboxylic acids is 1. The van der Waals surface area contributed by atoms with Gasteiger partial charge in [0.1, 0.15) is 11.3 Å². The Hall–Kier alpha value is -1.64. The lowest BCUT2D eigenvalue weighted by molar-refractivity contribution is -0.150. The van der Waals surface area contributed by atoms with E-state index in [-0.39, 0.29) is 17.2 Å². The van der Waals surface area contributed by atoms with Crippen LogP contribution in [0, 0.1) is 0 Å². The molecule has 1 saturated heterocycles. The molecule has 0 aliphatic carbocycles. The number of benzene rings is 1. The minimum Gasteiger partial charge on any atom is -0.508 e. The number of aliphatic carboxylic acids is 1. The van der Waals surface area contributed by atoms with Crippen molar-refractivity contribution in [2.45, 2.75) is 36.6 Å². The molecule has 128 valence electrons. The normalized spacial score (nSPS) is 19.2. The molecule has 1 heterocycles. The third-order valence-electron chi connectivity index (χ3n) is 4.27. The minimum absolute atomic E-state index is 0.0123. The Morgan fingerprint density at radius 1 is 1.22 bits per heavy atom. The van der Waals surface area contributed by atoms with Crippen molar-refractivity contribution in [3.8, 4) is 5.75 Å². The second kappa shape index (κ2) is 6.86. The van der Waals surface area contributed by atoms with Gasteiger partial charge >= 0.3 is 5.97 Å². The van der Waals surface area contributed by atoms with E-state index in [1.807, 2.05) is 4.90 Å². The molecule has 3 N–H and O–H groups in total. The van der Waals surface area contributed by atoms with E-state index in [4.69, 9.17) is 0 Å². The fourth-order valence-electron chi connectivity index (χ4n) is 2.65. The van der Waals surface area contributed by atoms with Crippen molar-refractivity contribution in [3.63, 3.8) is 0 Å². The lowest BCUT2D eigenvalue weighted by Gasteiger charge is -2.40. The number of carbonyl (C=O) groups is 1. The molecule has 0 spiro atoms. The predicted octanol–water partition coefficient (Wildman–Crippen LogP) is 1.000. The summed E-state index contributed by atoms with van der Waals surface area (Å²) in [6.45, 7) is 2.61. The molecule has 0 aromatic heterocycles. The molecule has 1 aromatic rings. The molecule has 1 atom stereocenters. The van der Waals surface area contributed by atoms with E-state index in [1.54, 1.807) is 6.92 Å². The maximum absolute atomic E-state index is 12.3. The Kier molecular flexibility index (Phi) is 5.28. The van der Waals surface area contributed by atoms with E-state index < -0.39 is 21.5 Å². The molecular weight excluding hydrogens is 320 g/mol. The van der Waals surface area contributed by atoms with Crippen molar-refractivity contribution in [2.75, 3.05) is 19.6 Å². The van der Waals surface area contributed by atoms with Crippen molar-refractivity contribution in [3.05, 3.63) is 24.3 Å². The van der Waals surface area contributed by atoms with Gasteiger partial charge in [0.25, 0.3) is 0 Å². The summed E-state index contributed by atoms with van der Waals surface area (Å²) in [5.41, 5.74) is -1.29. The number of phenols is 1. The van der Waals surface area contributed by atoms with Crippen LogP contribution in [-0.2, 0) is 14.8 Å². The van der Waals surface area contributed by atoms with E-state index in [1.165, 1.54) is 24.3 Å². The summed E-state index contributed by atoms with van der Waals surface area (Å²) >= 11 is 0. The Balaban J connectivity index is 2.14. The quantitative estimate of drug-likeness (QED) is 0.712. The number of sulfonamides is 1. The number of rotatable bonds is 6. The molecule has 0 bridgehead atoms. The molecule has 2 rings (SSSR count). The monoisotopic (exact) mass is 342 g/mol. The molecular formula is C15H22N2O5S. The molecule has 0 radical (unpaired) electrons. The Labute approximate surface area is 136 Å². The van der Waals surface area contributed by atoms with Crippen LogP contribution in [0.15, 0.2) is 29.2 Å². The van der Waals surface area contributed by atoms with Gasteiger partial charge in [-0.25, -0.2) is 13.1 Å². The maximum Gasteiger partial charge on any atom is 0.325 e. The third kappa shape index (κ3) is 4.01. The van der Waals surface area contributed by atoms with Gasteiger partial charge in [-0.2, -0.15) is 0 Å². The summed E-state index contributed by atoms with van der Waals surface area (Å²) in [7, 11) is -3.83. The molecule has 0 saturated carbocycles. The smallest absolute Gasteiger partial charge is 0.325 e. The number of nitrogens with zero attached hydrogens (tertiary/aromatic N) is 1. The van der Waals surface area contributed by atoms with Gasteiger partial charge in [0.2, 0.25) is 10.0 Å². The first-order valence-corrected chi connectivity index (χ1v) is 9.01. The average molecular weight is 342 g/mol. The van der Waals surface area contributed by atoms with E-state index >= 15 is 0 Å². The molecule has 7 nitrogen and oxygen atoms in total. The number of nitrogens with one attached hydrogen (secondary N) is 1. The fraction of sp³-hybridized carbons (Fsp3) is 0.533. The van der Waals surface area contributed by atoms with Gasteiger partial charge in [0.15, 0.2) is 0 Å². The van der Waals surface area contributed by atoms with E-state index in [0.29, 0.717) is 13.1 Å². The number of hydrogen-bond acceptors (Lipinski definition) is 5. The van der Waals surface area contributed by atoms with Gasteiger partial charge in [-0.15, -0.1) is 0 Å². The SMILES string of the molecule is C[C@](CNS(=O)(=O)c1ccc(O)cc1)(C(=O)O)N1CCCCC1. The highest BCUT2D eigenvalue weighted by molar-refractivity contribution is 7.89. The largest absolute Gasteiger partial charge is 0.508 e. The summed E-state index contributed by atoms with van der Waals surface area (Å²) < 4.78 is 27.0. The van der Waals surface area contributed by atoms with Gasteiger partial charge in [0, 0.05) is 6.54 Å². The van der Waals surface area contributed by atoms with E-state index in [0.717, 1.165) is 19.3 Å². The zero-order chi connectivity index (χ0) is 17.1. The molecule has 0 unspecified atom stereocenters. The molecule has 0 amide bonds. The number of carboxylic acid groups (broad SMARTS) is 1. The van der Waals surface area contributed by atoms with Crippen molar-refractivity contribution in [1.82, 2.24) is 9.62 Å². The third-order valence-corrected chi connectivity index (χ3v) is 5.69. The van der Waals surface area contributed by atoms with Crippen LogP contribution in [0.2, 0.25) is 0 Å². The number of piperidine rings is 1. The van der Waals surface area contributed by atoms with Crippen LogP contribution in [-0.4, -0.2) is 54.7 Å². The van der Waals surface area contributed by atoms with E-state index in [2.05, 4.69) is 4.72 Å². The molecule has 1 aliphatic rings. The van der Waals surface area contributed by atoms with Gasteiger partial charge in [-0.3, -0.25) is 9.69 Å². The van der Waals surface area contributed by atoms with Crippen LogP contribution in [0.3, 0.4) is 0 Å². The van der Waals surface area contributed by atoms with Crippen LogP contribution in [0.1, 0.15) is 26.2 Å². The van der Waals surface area contributed by atoms with Gasteiger partial charge < -0.3 is 10.2 Å². The Morgan fingerprint density at radius 2 is 1.78 bits per heavy atom. The number of aromatic hydroxyl groups is 1. The van der Waals surface area contributed by atoms with Gasteiger partial charge in [-0.05, 0) is 57.1 Å². The van der Waals surface area contributed by atoms with Crippen molar-refractivity contribution >= 4 is 16.0 Å². The summed E-state index contributed by atoms with van der Waals surface area (Å²) in [5, 5.41) is 18.8. The van der Waals surface area contributed by atoms with Gasteiger partial charge in [0.05, 0.1) is 4.90 Å². The van der Waals surface area contributed by atoms with Crippen LogP contribution < -0.4 is 4.72 Å². The predicted molar refractivity (Wildman–Crippen MR) is 84.8 cm³/mol. The molecule has 1 fully saturated rings. The standard InChI is InChI=1S/C15H22N2O5S/c1-15(14(19)20,17-9-3-2-4-10-17)11-16-23(21,22)13-7-5-12(18)6-8-13/h5-8,16,18H,2-4,9-11H2,1H3,(H,19,20)/t15-/m0/s1. The van der Waals surface area contributed by atoms with Gasteiger partial charge in [-0.1, -0.05) is 6.42 Å². The second-order valence-corrected chi connectivity index (χ2v) is 7.71. The number of phenolic OH excluding ortho intramolecular Hbond substituents is 1. The first kappa shape index (κ1) is 17.7. The van der Waals surface area contributed by atoms with E-state index in [9.17, 15) is 23.4 Å². The lowest BCUT2D eigenvalue weighted by Crippen LogP contribution is -2.60. The van der Waals surface area contributed by atoms with Crippen molar-refractivity contribution in [1.29, 1.82) is 0 Å². The molecule has 1 aliphatic heterocycles. The second-order valence-electron chi connectivity index (χ2n) is 5.95. The summed E-state index contributed by atoms with van der Waals surface area (Å²) in [5.74, 6) is -1.08. The lowest BCUT2D eigenvalue weighted by atomic mass is 9.97. The summed E-state index contributed by atoms with van der Waals surface area (Å²) in [4.78, 5) is 13.5. The number of likely N-dealkylation sites (tertiary alicyclic amines) is 1. The summed E-state index contributed by atoms with van der Waals surface area (Å²) in [6.07, 6.45) is 2.88. The van der Waals surface area contributed by atoms with Crippen molar-refractivity contribution < 1.29 is 23.4 Å². The van der Waals surface area contributed by atoms with Crippen molar-refractivity contribution in [2.24, 2.45) is 0 Å². The maximum atomic E-state index is 12.3. The highest BCUT2D eigenvalue weighted by atomic mass is 32.2. The molecule has 1 aromatic carbocycles. The zero-order valence-electron chi connectivity index (χ0n) is 13.0. The molecule has 23 heavy (non-hydrogen) atoms. The highest BCUT2D eigenvalue weighted by Crippen LogP contribution is 2.22. The van der Waals surface area contributed by atoms with Crippen LogP contribution >= 0.6 is 0 Å². The van der Waals surface area contributed by atoms with Crippen LogP contribution in [0.4, 0.5) is 0 Å². The van der Waals surface area contributed by atoms with Crippen LogP contribution in [0.5, 0.6) is 5.75 Å². The zero-order valence-corrected chi connectivity index (χ0v) is 13.8. The minimum atomic E-state index is -3.83.